The van der Waals surface area contributed by atoms with Gasteiger partial charge in [0.25, 0.3) is 0 Å². The predicted molar refractivity (Wildman–Crippen MR) is 68.7 cm³/mol. The summed E-state index contributed by atoms with van der Waals surface area (Å²) in [6.07, 6.45) is 5.00. The number of hydrogen-bond donors (Lipinski definition) is 1. The molecule has 2 aliphatic rings. The zero-order valence-electron chi connectivity index (χ0n) is 10.3. The molecule has 2 heteroatoms. The molecule has 2 fully saturated rings. The number of anilines is 1. The average Bonchev–Trinajstić information content (AvgIpc) is 2.90. The van der Waals surface area contributed by atoms with Crippen molar-refractivity contribution in [3.05, 3.63) is 29.8 Å². The Bertz CT molecular complexity index is 440. The predicted octanol–water partition coefficient (Wildman–Crippen LogP) is 3.37. The van der Waals surface area contributed by atoms with Crippen molar-refractivity contribution in [1.29, 1.82) is 0 Å². The van der Waals surface area contributed by atoms with Crippen LogP contribution >= 0.6 is 0 Å². The Balaban J connectivity index is 1.68. The molecule has 2 aliphatic carbocycles. The highest BCUT2D eigenvalue weighted by atomic mass is 16.1. The van der Waals surface area contributed by atoms with Gasteiger partial charge >= 0.3 is 0 Å². The van der Waals surface area contributed by atoms with Crippen LogP contribution in [0.2, 0.25) is 0 Å². The van der Waals surface area contributed by atoms with E-state index in [0.717, 1.165) is 18.0 Å². The molecule has 2 nitrogen and oxygen atoms in total. The maximum absolute atomic E-state index is 12.2. The number of hydrogen-bond acceptors (Lipinski definition) is 1. The number of nitrogens with one attached hydrogen (secondary N) is 1. The molecule has 1 aromatic rings. The number of benzene rings is 1. The van der Waals surface area contributed by atoms with E-state index in [0.29, 0.717) is 5.92 Å². The van der Waals surface area contributed by atoms with Gasteiger partial charge in [-0.05, 0) is 55.7 Å². The molecule has 1 amide bonds. The Hall–Kier alpha value is -1.31. The number of rotatable bonds is 2. The van der Waals surface area contributed by atoms with Crippen molar-refractivity contribution in [1.82, 2.24) is 0 Å². The van der Waals surface area contributed by atoms with E-state index in [1.165, 1.54) is 24.8 Å². The fourth-order valence-corrected chi connectivity index (χ4v) is 3.52. The molecule has 0 heterocycles. The second-order valence-corrected chi connectivity index (χ2v) is 5.64. The largest absolute Gasteiger partial charge is 0.326 e. The van der Waals surface area contributed by atoms with Gasteiger partial charge in [0.05, 0.1) is 0 Å². The first kappa shape index (κ1) is 10.8. The molecule has 0 aromatic heterocycles. The van der Waals surface area contributed by atoms with Crippen molar-refractivity contribution in [3.63, 3.8) is 0 Å². The monoisotopic (exact) mass is 229 g/mol. The summed E-state index contributed by atoms with van der Waals surface area (Å²) in [5, 5.41) is 3.07. The van der Waals surface area contributed by atoms with Crippen molar-refractivity contribution >= 4 is 11.6 Å². The maximum Gasteiger partial charge on any atom is 0.227 e. The summed E-state index contributed by atoms with van der Waals surface area (Å²) in [5.41, 5.74) is 2.13. The minimum Gasteiger partial charge on any atom is -0.326 e. The Kier molecular flexibility index (Phi) is 2.65. The van der Waals surface area contributed by atoms with Crippen LogP contribution in [0.5, 0.6) is 0 Å². The Morgan fingerprint density at radius 1 is 1.29 bits per heavy atom. The standard InChI is InChI=1S/C15H19NO/c1-10-3-2-4-13(7-10)16-15(17)14-9-11-5-6-12(14)8-11/h2-4,7,11-12,14H,5-6,8-9H2,1H3,(H,16,17)/t11-,12+,14+/m0/s1. The summed E-state index contributed by atoms with van der Waals surface area (Å²) in [4.78, 5) is 12.2. The van der Waals surface area contributed by atoms with E-state index in [2.05, 4.69) is 5.32 Å². The van der Waals surface area contributed by atoms with E-state index in [1.54, 1.807) is 0 Å². The van der Waals surface area contributed by atoms with Crippen LogP contribution in [-0.4, -0.2) is 5.91 Å². The number of carbonyl (C=O) groups excluding carboxylic acids is 1. The van der Waals surface area contributed by atoms with Crippen molar-refractivity contribution in [3.8, 4) is 0 Å². The second-order valence-electron chi connectivity index (χ2n) is 5.64. The number of carbonyl (C=O) groups is 1. The molecule has 2 bridgehead atoms. The highest BCUT2D eigenvalue weighted by molar-refractivity contribution is 5.93. The molecule has 1 aromatic carbocycles. The van der Waals surface area contributed by atoms with Crippen LogP contribution in [-0.2, 0) is 4.79 Å². The van der Waals surface area contributed by atoms with Crippen molar-refractivity contribution in [2.45, 2.75) is 32.6 Å². The second kappa shape index (κ2) is 4.17. The highest BCUT2D eigenvalue weighted by Crippen LogP contribution is 2.48. The smallest absolute Gasteiger partial charge is 0.227 e. The summed E-state index contributed by atoms with van der Waals surface area (Å²) in [5.74, 6) is 2.00. The average molecular weight is 229 g/mol. The van der Waals surface area contributed by atoms with Gasteiger partial charge < -0.3 is 5.32 Å². The van der Waals surface area contributed by atoms with Gasteiger partial charge in [-0.15, -0.1) is 0 Å². The fourth-order valence-electron chi connectivity index (χ4n) is 3.52. The first-order valence-corrected chi connectivity index (χ1v) is 6.60. The van der Waals surface area contributed by atoms with Gasteiger partial charge in [-0.1, -0.05) is 18.6 Å². The van der Waals surface area contributed by atoms with Crippen LogP contribution in [0.15, 0.2) is 24.3 Å². The lowest BCUT2D eigenvalue weighted by Gasteiger charge is -2.20. The zero-order chi connectivity index (χ0) is 11.8. The fraction of sp³-hybridized carbons (Fsp3) is 0.533. The van der Waals surface area contributed by atoms with Gasteiger partial charge in [0.2, 0.25) is 5.91 Å². The molecule has 0 unspecified atom stereocenters. The normalized spacial score (nSPS) is 30.5. The summed E-state index contributed by atoms with van der Waals surface area (Å²) in [7, 11) is 0. The molecule has 0 radical (unpaired) electrons. The maximum atomic E-state index is 12.2. The van der Waals surface area contributed by atoms with Crippen LogP contribution in [0, 0.1) is 24.7 Å². The molecule has 0 saturated heterocycles. The minimum absolute atomic E-state index is 0.239. The number of fused-ring (bicyclic) bond motifs is 2. The Morgan fingerprint density at radius 3 is 2.82 bits per heavy atom. The molecule has 2 saturated carbocycles. The van der Waals surface area contributed by atoms with Crippen LogP contribution in [0.1, 0.15) is 31.2 Å². The summed E-state index contributed by atoms with van der Waals surface area (Å²) in [6, 6.07) is 8.04. The molecular formula is C15H19NO. The van der Waals surface area contributed by atoms with Crippen molar-refractivity contribution in [2.75, 3.05) is 5.32 Å². The lowest BCUT2D eigenvalue weighted by Crippen LogP contribution is -2.27. The molecule has 1 N–H and O–H groups in total. The van der Waals surface area contributed by atoms with E-state index in [1.807, 2.05) is 31.2 Å². The van der Waals surface area contributed by atoms with Crippen LogP contribution in [0.4, 0.5) is 5.69 Å². The van der Waals surface area contributed by atoms with Crippen molar-refractivity contribution < 1.29 is 4.79 Å². The van der Waals surface area contributed by atoms with E-state index < -0.39 is 0 Å². The molecule has 3 atom stereocenters. The van der Waals surface area contributed by atoms with Gasteiger partial charge in [0.1, 0.15) is 0 Å². The lowest BCUT2D eigenvalue weighted by molar-refractivity contribution is -0.121. The Morgan fingerprint density at radius 2 is 2.18 bits per heavy atom. The third kappa shape index (κ3) is 2.08. The Labute approximate surface area is 102 Å². The summed E-state index contributed by atoms with van der Waals surface area (Å²) < 4.78 is 0. The molecule has 17 heavy (non-hydrogen) atoms. The zero-order valence-corrected chi connectivity index (χ0v) is 10.3. The topological polar surface area (TPSA) is 29.1 Å². The first-order chi connectivity index (χ1) is 8.22. The van der Waals surface area contributed by atoms with E-state index in [4.69, 9.17) is 0 Å². The van der Waals surface area contributed by atoms with Crippen molar-refractivity contribution in [2.24, 2.45) is 17.8 Å². The molecular weight excluding hydrogens is 210 g/mol. The first-order valence-electron chi connectivity index (χ1n) is 6.60. The van der Waals surface area contributed by atoms with E-state index >= 15 is 0 Å². The van der Waals surface area contributed by atoms with E-state index in [-0.39, 0.29) is 11.8 Å². The highest BCUT2D eigenvalue weighted by Gasteiger charge is 2.42. The summed E-state index contributed by atoms with van der Waals surface area (Å²) in [6.45, 7) is 2.05. The summed E-state index contributed by atoms with van der Waals surface area (Å²) >= 11 is 0. The lowest BCUT2D eigenvalue weighted by atomic mass is 9.88. The van der Waals surface area contributed by atoms with Gasteiger partial charge in [0, 0.05) is 11.6 Å². The van der Waals surface area contributed by atoms with Crippen LogP contribution in [0.25, 0.3) is 0 Å². The van der Waals surface area contributed by atoms with Gasteiger partial charge in [-0.25, -0.2) is 0 Å². The molecule has 0 aliphatic heterocycles. The van der Waals surface area contributed by atoms with Gasteiger partial charge in [-0.2, -0.15) is 0 Å². The van der Waals surface area contributed by atoms with E-state index in [9.17, 15) is 4.79 Å². The SMILES string of the molecule is Cc1cccc(NC(=O)[C@@H]2C[C@H]3CC[C@@H]2C3)c1. The quantitative estimate of drug-likeness (QED) is 0.827. The molecule has 0 spiro atoms. The van der Waals surface area contributed by atoms with Gasteiger partial charge in [-0.3, -0.25) is 4.79 Å². The molecule has 3 rings (SSSR count). The van der Waals surface area contributed by atoms with Crippen LogP contribution < -0.4 is 5.32 Å². The minimum atomic E-state index is 0.239. The third-order valence-electron chi connectivity index (χ3n) is 4.36. The number of aryl methyl sites for hydroxylation is 1. The molecule has 90 valence electrons. The van der Waals surface area contributed by atoms with Crippen LogP contribution in [0.3, 0.4) is 0 Å². The number of amides is 1. The van der Waals surface area contributed by atoms with Gasteiger partial charge in [0.15, 0.2) is 0 Å². The third-order valence-corrected chi connectivity index (χ3v) is 4.36.